The van der Waals surface area contributed by atoms with E-state index in [4.69, 9.17) is 10.5 Å². The number of nitrogen functional groups attached to an aromatic ring is 1. The first-order valence-corrected chi connectivity index (χ1v) is 6.70. The van der Waals surface area contributed by atoms with E-state index in [9.17, 15) is 0 Å². The van der Waals surface area contributed by atoms with E-state index >= 15 is 0 Å². The maximum Gasteiger partial charge on any atom is 0.153 e. The lowest BCUT2D eigenvalue weighted by atomic mass is 10.3. The summed E-state index contributed by atoms with van der Waals surface area (Å²) in [6, 6.07) is 7.43. The van der Waals surface area contributed by atoms with Crippen LogP contribution < -0.4 is 15.8 Å². The molecule has 1 heterocycles. The molecule has 2 rings (SSSR count). The highest BCUT2D eigenvalue weighted by molar-refractivity contribution is 9.10. The zero-order valence-corrected chi connectivity index (χ0v) is 12.7. The number of halogens is 2. The van der Waals surface area contributed by atoms with Crippen molar-refractivity contribution < 1.29 is 4.74 Å². The van der Waals surface area contributed by atoms with Crippen LogP contribution in [0, 0.1) is 0 Å². The number of rotatable bonds is 3. The average Bonchev–Trinajstić information content (AvgIpc) is 2.35. The minimum Gasteiger partial charge on any atom is -0.497 e. The molecule has 0 bridgehead atoms. The van der Waals surface area contributed by atoms with Crippen molar-refractivity contribution in [1.29, 1.82) is 0 Å². The van der Waals surface area contributed by atoms with Crippen LogP contribution in [-0.2, 0) is 0 Å². The number of pyridine rings is 1. The first-order valence-electron chi connectivity index (χ1n) is 5.11. The van der Waals surface area contributed by atoms with Gasteiger partial charge in [0, 0.05) is 21.2 Å². The summed E-state index contributed by atoms with van der Waals surface area (Å²) in [5.74, 6) is 1.36. The molecule has 1 aromatic carbocycles. The molecule has 0 aliphatic rings. The summed E-state index contributed by atoms with van der Waals surface area (Å²) in [6.45, 7) is 0. The van der Waals surface area contributed by atoms with Gasteiger partial charge in [0.1, 0.15) is 5.75 Å². The highest BCUT2D eigenvalue weighted by Gasteiger charge is 2.06. The maximum atomic E-state index is 5.89. The summed E-state index contributed by atoms with van der Waals surface area (Å²) < 4.78 is 6.93. The van der Waals surface area contributed by atoms with E-state index in [0.29, 0.717) is 11.5 Å². The number of nitrogens with two attached hydrogens (primary N) is 1. The Balaban J connectivity index is 2.33. The van der Waals surface area contributed by atoms with Gasteiger partial charge in [-0.2, -0.15) is 0 Å². The SMILES string of the molecule is COc1ccc(Br)c(Nc2ncc(Br)cc2N)c1. The average molecular weight is 373 g/mol. The molecule has 0 atom stereocenters. The van der Waals surface area contributed by atoms with Crippen LogP contribution in [-0.4, -0.2) is 12.1 Å². The molecule has 0 aliphatic carbocycles. The molecule has 18 heavy (non-hydrogen) atoms. The molecule has 0 saturated heterocycles. The third-order valence-corrected chi connectivity index (χ3v) is 3.44. The van der Waals surface area contributed by atoms with Gasteiger partial charge in [-0.3, -0.25) is 0 Å². The Hall–Kier alpha value is -1.27. The lowest BCUT2D eigenvalue weighted by molar-refractivity contribution is 0.415. The monoisotopic (exact) mass is 371 g/mol. The first kappa shape index (κ1) is 13.2. The molecule has 4 nitrogen and oxygen atoms in total. The summed E-state index contributed by atoms with van der Waals surface area (Å²) in [7, 11) is 1.62. The van der Waals surface area contributed by atoms with Crippen molar-refractivity contribution in [1.82, 2.24) is 4.98 Å². The van der Waals surface area contributed by atoms with Crippen molar-refractivity contribution in [2.45, 2.75) is 0 Å². The summed E-state index contributed by atoms with van der Waals surface area (Å²) in [6.07, 6.45) is 1.69. The van der Waals surface area contributed by atoms with E-state index in [2.05, 4.69) is 42.2 Å². The van der Waals surface area contributed by atoms with Crippen LogP contribution in [0.2, 0.25) is 0 Å². The number of hydrogen-bond donors (Lipinski definition) is 2. The summed E-state index contributed by atoms with van der Waals surface area (Å²) in [5, 5.41) is 3.16. The molecule has 94 valence electrons. The van der Waals surface area contributed by atoms with E-state index in [-0.39, 0.29) is 0 Å². The Kier molecular flexibility index (Phi) is 4.08. The summed E-state index contributed by atoms with van der Waals surface area (Å²) in [5.41, 5.74) is 7.30. The van der Waals surface area contributed by atoms with Crippen molar-refractivity contribution >= 4 is 49.1 Å². The normalized spacial score (nSPS) is 10.2. The highest BCUT2D eigenvalue weighted by Crippen LogP contribution is 2.31. The second-order valence-electron chi connectivity index (χ2n) is 3.56. The number of benzene rings is 1. The number of nitrogens with one attached hydrogen (secondary N) is 1. The van der Waals surface area contributed by atoms with Crippen LogP contribution in [0.25, 0.3) is 0 Å². The second-order valence-corrected chi connectivity index (χ2v) is 5.33. The fourth-order valence-corrected chi connectivity index (χ4v) is 2.11. The summed E-state index contributed by atoms with van der Waals surface area (Å²) in [4.78, 5) is 4.23. The molecule has 2 aromatic rings. The van der Waals surface area contributed by atoms with E-state index in [0.717, 1.165) is 20.4 Å². The molecule has 0 aliphatic heterocycles. The van der Waals surface area contributed by atoms with Gasteiger partial charge < -0.3 is 15.8 Å². The van der Waals surface area contributed by atoms with E-state index in [1.54, 1.807) is 19.4 Å². The van der Waals surface area contributed by atoms with Crippen molar-refractivity contribution in [3.63, 3.8) is 0 Å². The standard InChI is InChI=1S/C12H11Br2N3O/c1-18-8-2-3-9(14)11(5-8)17-12-10(15)4-7(13)6-16-12/h2-6H,15H2,1H3,(H,16,17). The largest absolute Gasteiger partial charge is 0.497 e. The van der Waals surface area contributed by atoms with E-state index < -0.39 is 0 Å². The molecule has 0 fully saturated rings. The van der Waals surface area contributed by atoms with Gasteiger partial charge in [0.15, 0.2) is 5.82 Å². The Morgan fingerprint density at radius 2 is 2.06 bits per heavy atom. The molecule has 0 saturated carbocycles. The molecular weight excluding hydrogens is 362 g/mol. The minimum atomic E-state index is 0.569. The lowest BCUT2D eigenvalue weighted by Crippen LogP contribution is -2.00. The van der Waals surface area contributed by atoms with Crippen LogP contribution in [0.4, 0.5) is 17.2 Å². The van der Waals surface area contributed by atoms with Gasteiger partial charge in [0.05, 0.1) is 18.5 Å². The van der Waals surface area contributed by atoms with Gasteiger partial charge in [-0.1, -0.05) is 0 Å². The maximum absolute atomic E-state index is 5.89. The molecule has 6 heteroatoms. The predicted octanol–water partition coefficient (Wildman–Crippen LogP) is 3.94. The quantitative estimate of drug-likeness (QED) is 0.856. The molecule has 3 N–H and O–H groups in total. The van der Waals surface area contributed by atoms with Crippen molar-refractivity contribution in [3.8, 4) is 5.75 Å². The van der Waals surface area contributed by atoms with Gasteiger partial charge in [0.25, 0.3) is 0 Å². The van der Waals surface area contributed by atoms with Crippen molar-refractivity contribution in [3.05, 3.63) is 39.4 Å². The number of hydrogen-bond acceptors (Lipinski definition) is 4. The molecule has 0 unspecified atom stereocenters. The van der Waals surface area contributed by atoms with Gasteiger partial charge in [0.2, 0.25) is 0 Å². The van der Waals surface area contributed by atoms with Gasteiger partial charge in [-0.05, 0) is 50.1 Å². The molecule has 1 aromatic heterocycles. The minimum absolute atomic E-state index is 0.569. The fourth-order valence-electron chi connectivity index (χ4n) is 1.41. The number of anilines is 3. The summed E-state index contributed by atoms with van der Waals surface area (Å²) >= 11 is 6.78. The zero-order chi connectivity index (χ0) is 13.1. The second kappa shape index (κ2) is 5.58. The van der Waals surface area contributed by atoms with Crippen LogP contribution in [0.15, 0.2) is 39.4 Å². The topological polar surface area (TPSA) is 60.2 Å². The van der Waals surface area contributed by atoms with E-state index in [1.807, 2.05) is 18.2 Å². The number of aromatic nitrogens is 1. The molecule has 0 radical (unpaired) electrons. The Bertz CT molecular complexity index is 575. The van der Waals surface area contributed by atoms with Crippen LogP contribution >= 0.6 is 31.9 Å². The number of methoxy groups -OCH3 is 1. The molecule has 0 spiro atoms. The Morgan fingerprint density at radius 1 is 1.28 bits per heavy atom. The van der Waals surface area contributed by atoms with Crippen LogP contribution in [0.5, 0.6) is 5.75 Å². The highest BCUT2D eigenvalue weighted by atomic mass is 79.9. The third-order valence-electron chi connectivity index (χ3n) is 2.31. The van der Waals surface area contributed by atoms with E-state index in [1.165, 1.54) is 0 Å². The van der Waals surface area contributed by atoms with Crippen molar-refractivity contribution in [2.75, 3.05) is 18.2 Å². The van der Waals surface area contributed by atoms with Gasteiger partial charge in [-0.15, -0.1) is 0 Å². The van der Waals surface area contributed by atoms with Crippen LogP contribution in [0.1, 0.15) is 0 Å². The Labute approximate surface area is 122 Å². The van der Waals surface area contributed by atoms with Crippen LogP contribution in [0.3, 0.4) is 0 Å². The third kappa shape index (κ3) is 2.94. The number of ether oxygens (including phenoxy) is 1. The molecule has 0 amide bonds. The first-order chi connectivity index (χ1) is 8.60. The predicted molar refractivity (Wildman–Crippen MR) is 80.3 cm³/mol. The van der Waals surface area contributed by atoms with Gasteiger partial charge in [-0.25, -0.2) is 4.98 Å². The lowest BCUT2D eigenvalue weighted by Gasteiger charge is -2.11. The zero-order valence-electron chi connectivity index (χ0n) is 9.58. The smallest absolute Gasteiger partial charge is 0.153 e. The number of nitrogens with zero attached hydrogens (tertiary/aromatic N) is 1. The van der Waals surface area contributed by atoms with Gasteiger partial charge >= 0.3 is 0 Å². The fraction of sp³-hybridized carbons (Fsp3) is 0.0833. The molecular formula is C12H11Br2N3O. The van der Waals surface area contributed by atoms with Crippen molar-refractivity contribution in [2.24, 2.45) is 0 Å². The Morgan fingerprint density at radius 3 is 2.72 bits per heavy atom.